The normalized spacial score (nSPS) is 10.8. The highest BCUT2D eigenvalue weighted by Crippen LogP contribution is 2.26. The molecule has 0 saturated carbocycles. The van der Waals surface area contributed by atoms with E-state index in [2.05, 4.69) is 28.2 Å². The van der Waals surface area contributed by atoms with Crippen LogP contribution < -0.4 is 0 Å². The standard InChI is InChI=1S/C17H17N3OS/c1-20(17(21)7-6-14-11-18-8-9-19-14)12-15-10-13-4-2-3-5-16(13)22-15/h2-5,8-11H,6-7,12H2,1H3. The second-order valence-electron chi connectivity index (χ2n) is 5.20. The molecule has 3 rings (SSSR count). The summed E-state index contributed by atoms with van der Waals surface area (Å²) in [5, 5.41) is 1.24. The van der Waals surface area contributed by atoms with Crippen LogP contribution in [0, 0.1) is 0 Å². The molecule has 4 nitrogen and oxygen atoms in total. The van der Waals surface area contributed by atoms with E-state index in [0.29, 0.717) is 19.4 Å². The van der Waals surface area contributed by atoms with E-state index in [0.717, 1.165) is 5.69 Å². The van der Waals surface area contributed by atoms with Gasteiger partial charge in [0.05, 0.1) is 12.2 Å². The number of aryl methyl sites for hydroxylation is 1. The van der Waals surface area contributed by atoms with Gasteiger partial charge in [0.25, 0.3) is 0 Å². The van der Waals surface area contributed by atoms with Gasteiger partial charge in [-0.05, 0) is 23.9 Å². The molecule has 0 saturated heterocycles. The molecule has 0 aliphatic heterocycles. The van der Waals surface area contributed by atoms with Crippen molar-refractivity contribution < 1.29 is 4.79 Å². The lowest BCUT2D eigenvalue weighted by Crippen LogP contribution is -2.26. The average molecular weight is 311 g/mol. The Labute approximate surface area is 133 Å². The van der Waals surface area contributed by atoms with Crippen molar-refractivity contribution in [3.8, 4) is 0 Å². The fourth-order valence-electron chi connectivity index (χ4n) is 2.32. The molecule has 1 amide bonds. The number of aromatic nitrogens is 2. The number of rotatable bonds is 5. The van der Waals surface area contributed by atoms with E-state index in [4.69, 9.17) is 0 Å². The molecule has 3 aromatic rings. The summed E-state index contributed by atoms with van der Waals surface area (Å²) in [4.78, 5) is 23.4. The first kappa shape index (κ1) is 14.7. The Hall–Kier alpha value is -2.27. The Kier molecular flexibility index (Phi) is 4.44. The summed E-state index contributed by atoms with van der Waals surface area (Å²) in [6.07, 6.45) is 6.09. The highest BCUT2D eigenvalue weighted by Gasteiger charge is 2.11. The van der Waals surface area contributed by atoms with Gasteiger partial charge in [-0.3, -0.25) is 14.8 Å². The largest absolute Gasteiger partial charge is 0.341 e. The molecule has 0 spiro atoms. The van der Waals surface area contributed by atoms with E-state index in [1.165, 1.54) is 15.0 Å². The second-order valence-corrected chi connectivity index (χ2v) is 6.37. The zero-order valence-corrected chi connectivity index (χ0v) is 13.2. The molecule has 112 valence electrons. The maximum absolute atomic E-state index is 12.2. The molecule has 2 heterocycles. The van der Waals surface area contributed by atoms with E-state index < -0.39 is 0 Å². The lowest BCUT2D eigenvalue weighted by atomic mass is 10.2. The lowest BCUT2D eigenvalue weighted by molar-refractivity contribution is -0.130. The van der Waals surface area contributed by atoms with E-state index in [9.17, 15) is 4.79 Å². The molecule has 0 fully saturated rings. The maximum Gasteiger partial charge on any atom is 0.223 e. The number of benzene rings is 1. The number of hydrogen-bond donors (Lipinski definition) is 0. The third kappa shape index (κ3) is 3.49. The molecular formula is C17H17N3OS. The maximum atomic E-state index is 12.2. The molecule has 5 heteroatoms. The Balaban J connectivity index is 1.58. The van der Waals surface area contributed by atoms with Gasteiger partial charge in [-0.1, -0.05) is 18.2 Å². The first-order valence-corrected chi connectivity index (χ1v) is 8.00. The summed E-state index contributed by atoms with van der Waals surface area (Å²) in [7, 11) is 1.85. The van der Waals surface area contributed by atoms with Crippen molar-refractivity contribution in [2.45, 2.75) is 19.4 Å². The summed E-state index contributed by atoms with van der Waals surface area (Å²) in [5.41, 5.74) is 0.853. The quantitative estimate of drug-likeness (QED) is 0.726. The minimum absolute atomic E-state index is 0.128. The molecule has 0 radical (unpaired) electrons. The first-order chi connectivity index (χ1) is 10.7. The number of hydrogen-bond acceptors (Lipinski definition) is 4. The Morgan fingerprint density at radius 2 is 2.14 bits per heavy atom. The van der Waals surface area contributed by atoms with Crippen molar-refractivity contribution in [2.24, 2.45) is 0 Å². The van der Waals surface area contributed by atoms with Crippen molar-refractivity contribution in [1.29, 1.82) is 0 Å². The van der Waals surface area contributed by atoms with E-state index >= 15 is 0 Å². The van der Waals surface area contributed by atoms with Crippen LogP contribution in [0.25, 0.3) is 10.1 Å². The number of fused-ring (bicyclic) bond motifs is 1. The van der Waals surface area contributed by atoms with Crippen molar-refractivity contribution in [1.82, 2.24) is 14.9 Å². The minimum atomic E-state index is 0.128. The first-order valence-electron chi connectivity index (χ1n) is 7.18. The third-order valence-corrected chi connectivity index (χ3v) is 4.61. The highest BCUT2D eigenvalue weighted by molar-refractivity contribution is 7.19. The number of carbonyl (C=O) groups excluding carboxylic acids is 1. The molecule has 22 heavy (non-hydrogen) atoms. The summed E-state index contributed by atoms with van der Waals surface area (Å²) < 4.78 is 1.26. The number of thiophene rings is 1. The van der Waals surface area contributed by atoms with Crippen LogP contribution in [0.4, 0.5) is 0 Å². The monoisotopic (exact) mass is 311 g/mol. The molecule has 0 atom stereocenters. The fraction of sp³-hybridized carbons (Fsp3) is 0.235. The van der Waals surface area contributed by atoms with Gasteiger partial charge in [-0.15, -0.1) is 11.3 Å². The number of carbonyl (C=O) groups is 1. The van der Waals surface area contributed by atoms with Crippen LogP contribution in [0.1, 0.15) is 17.0 Å². The van der Waals surface area contributed by atoms with Gasteiger partial charge in [0.15, 0.2) is 0 Å². The van der Waals surface area contributed by atoms with Crippen LogP contribution in [0.15, 0.2) is 48.9 Å². The summed E-state index contributed by atoms with van der Waals surface area (Å²) in [5.74, 6) is 0.128. The van der Waals surface area contributed by atoms with Crippen LogP contribution in [-0.2, 0) is 17.8 Å². The van der Waals surface area contributed by atoms with Gasteiger partial charge in [0.2, 0.25) is 5.91 Å². The SMILES string of the molecule is CN(Cc1cc2ccccc2s1)C(=O)CCc1cnccn1. The number of amides is 1. The van der Waals surface area contributed by atoms with Gasteiger partial charge in [0.1, 0.15) is 0 Å². The molecule has 0 aliphatic carbocycles. The van der Waals surface area contributed by atoms with Gasteiger partial charge >= 0.3 is 0 Å². The van der Waals surface area contributed by atoms with Crippen LogP contribution in [0.3, 0.4) is 0 Å². The topological polar surface area (TPSA) is 46.1 Å². The average Bonchev–Trinajstić information content (AvgIpc) is 2.95. The molecule has 0 bridgehead atoms. The summed E-state index contributed by atoms with van der Waals surface area (Å²) >= 11 is 1.74. The summed E-state index contributed by atoms with van der Waals surface area (Å²) in [6, 6.07) is 10.4. The molecule has 2 aromatic heterocycles. The van der Waals surface area contributed by atoms with Crippen LogP contribution in [0.2, 0.25) is 0 Å². The highest BCUT2D eigenvalue weighted by atomic mass is 32.1. The van der Waals surface area contributed by atoms with Gasteiger partial charge < -0.3 is 4.90 Å². The fourth-order valence-corrected chi connectivity index (χ4v) is 3.44. The third-order valence-electron chi connectivity index (χ3n) is 3.51. The zero-order valence-electron chi connectivity index (χ0n) is 12.4. The smallest absolute Gasteiger partial charge is 0.223 e. The van der Waals surface area contributed by atoms with Crippen molar-refractivity contribution in [2.75, 3.05) is 7.05 Å². The van der Waals surface area contributed by atoms with E-state index in [1.54, 1.807) is 34.8 Å². The Morgan fingerprint density at radius 1 is 1.27 bits per heavy atom. The second kappa shape index (κ2) is 6.66. The zero-order chi connectivity index (χ0) is 15.4. The predicted octanol–water partition coefficient (Wildman–Crippen LogP) is 3.28. The van der Waals surface area contributed by atoms with Crippen molar-refractivity contribution in [3.63, 3.8) is 0 Å². The summed E-state index contributed by atoms with van der Waals surface area (Å²) in [6.45, 7) is 0.651. The van der Waals surface area contributed by atoms with Gasteiger partial charge in [-0.25, -0.2) is 0 Å². The molecule has 1 aromatic carbocycles. The van der Waals surface area contributed by atoms with Crippen LogP contribution >= 0.6 is 11.3 Å². The molecule has 0 aliphatic rings. The lowest BCUT2D eigenvalue weighted by Gasteiger charge is -2.15. The van der Waals surface area contributed by atoms with Crippen LogP contribution in [0.5, 0.6) is 0 Å². The van der Waals surface area contributed by atoms with E-state index in [1.807, 2.05) is 19.2 Å². The van der Waals surface area contributed by atoms with Gasteiger partial charge in [-0.2, -0.15) is 0 Å². The van der Waals surface area contributed by atoms with E-state index in [-0.39, 0.29) is 5.91 Å². The Bertz CT molecular complexity index is 737. The predicted molar refractivity (Wildman–Crippen MR) is 88.7 cm³/mol. The molecule has 0 N–H and O–H groups in total. The minimum Gasteiger partial charge on any atom is -0.341 e. The molecule has 0 unspecified atom stereocenters. The van der Waals surface area contributed by atoms with Crippen LogP contribution in [-0.4, -0.2) is 27.8 Å². The van der Waals surface area contributed by atoms with Crippen molar-refractivity contribution in [3.05, 3.63) is 59.5 Å². The van der Waals surface area contributed by atoms with Gasteiger partial charge in [0, 0.05) is 41.6 Å². The molecular weight excluding hydrogens is 294 g/mol. The van der Waals surface area contributed by atoms with Crippen molar-refractivity contribution >= 4 is 27.3 Å². The number of nitrogens with zero attached hydrogens (tertiary/aromatic N) is 3. The Morgan fingerprint density at radius 3 is 2.91 bits per heavy atom.